The summed E-state index contributed by atoms with van der Waals surface area (Å²) < 4.78 is 4.99. The third kappa shape index (κ3) is 4.32. The zero-order valence-electron chi connectivity index (χ0n) is 10.9. The molecule has 4 nitrogen and oxygen atoms in total. The van der Waals surface area contributed by atoms with E-state index in [-0.39, 0.29) is 0 Å². The Morgan fingerprint density at radius 1 is 1.35 bits per heavy atom. The van der Waals surface area contributed by atoms with Crippen LogP contribution in [0.1, 0.15) is 32.3 Å². The average Bonchev–Trinajstić information content (AvgIpc) is 2.39. The molecule has 96 valence electrons. The molecule has 0 bridgehead atoms. The first kappa shape index (κ1) is 13.9. The molecule has 0 fully saturated rings. The van der Waals surface area contributed by atoms with Crippen molar-refractivity contribution in [1.82, 2.24) is 10.3 Å². The van der Waals surface area contributed by atoms with Gasteiger partial charge in [0, 0.05) is 25.4 Å². The quantitative estimate of drug-likeness (QED) is 0.759. The minimum Gasteiger partial charge on any atom is -0.481 e. The van der Waals surface area contributed by atoms with Gasteiger partial charge in [0.25, 0.3) is 0 Å². The van der Waals surface area contributed by atoms with E-state index >= 15 is 0 Å². The second-order valence-corrected chi connectivity index (χ2v) is 4.24. The number of hydrogen-bond donors (Lipinski definition) is 2. The van der Waals surface area contributed by atoms with Gasteiger partial charge in [0.1, 0.15) is 0 Å². The van der Waals surface area contributed by atoms with Gasteiger partial charge in [-0.25, -0.2) is 4.98 Å². The summed E-state index contributed by atoms with van der Waals surface area (Å²) in [5, 5.41) is 13.3. The van der Waals surface area contributed by atoms with Crippen molar-refractivity contribution in [3.63, 3.8) is 0 Å². The van der Waals surface area contributed by atoms with Crippen molar-refractivity contribution in [2.24, 2.45) is 0 Å². The standard InChI is InChI=1S/C13H22N2O2/c1-4-13(16,5-2)10-14-8-11-6-7-12(17-3)15-9-11/h6-7,9,14,16H,4-5,8,10H2,1-3H3. The van der Waals surface area contributed by atoms with Crippen molar-refractivity contribution in [1.29, 1.82) is 0 Å². The van der Waals surface area contributed by atoms with Gasteiger partial charge in [-0.05, 0) is 18.4 Å². The number of pyridine rings is 1. The number of hydrogen-bond acceptors (Lipinski definition) is 4. The van der Waals surface area contributed by atoms with Crippen molar-refractivity contribution >= 4 is 0 Å². The van der Waals surface area contributed by atoms with Gasteiger partial charge in [0.15, 0.2) is 0 Å². The highest BCUT2D eigenvalue weighted by Gasteiger charge is 2.20. The Hall–Kier alpha value is -1.13. The van der Waals surface area contributed by atoms with Gasteiger partial charge in [-0.1, -0.05) is 19.9 Å². The van der Waals surface area contributed by atoms with Crippen LogP contribution in [0, 0.1) is 0 Å². The lowest BCUT2D eigenvalue weighted by atomic mass is 9.97. The predicted molar refractivity (Wildman–Crippen MR) is 68.0 cm³/mol. The summed E-state index contributed by atoms with van der Waals surface area (Å²) in [6, 6.07) is 3.80. The summed E-state index contributed by atoms with van der Waals surface area (Å²) >= 11 is 0. The zero-order chi connectivity index (χ0) is 12.7. The second kappa shape index (κ2) is 6.57. The third-order valence-corrected chi connectivity index (χ3v) is 3.11. The van der Waals surface area contributed by atoms with E-state index in [0.29, 0.717) is 19.0 Å². The molecule has 2 N–H and O–H groups in total. The molecule has 0 aliphatic rings. The first-order chi connectivity index (χ1) is 8.13. The van der Waals surface area contributed by atoms with Gasteiger partial charge in [-0.3, -0.25) is 0 Å². The molecule has 0 aromatic carbocycles. The van der Waals surface area contributed by atoms with Crippen molar-refractivity contribution in [3.05, 3.63) is 23.9 Å². The molecule has 0 aliphatic heterocycles. The van der Waals surface area contributed by atoms with Crippen LogP contribution in [0.15, 0.2) is 18.3 Å². The number of aliphatic hydroxyl groups is 1. The van der Waals surface area contributed by atoms with Gasteiger partial charge in [-0.15, -0.1) is 0 Å². The first-order valence-corrected chi connectivity index (χ1v) is 6.05. The van der Waals surface area contributed by atoms with Crippen LogP contribution < -0.4 is 10.1 Å². The monoisotopic (exact) mass is 238 g/mol. The fourth-order valence-corrected chi connectivity index (χ4v) is 1.58. The molecule has 0 amide bonds. The highest BCUT2D eigenvalue weighted by Crippen LogP contribution is 2.13. The van der Waals surface area contributed by atoms with Crippen molar-refractivity contribution in [2.75, 3.05) is 13.7 Å². The Bertz CT molecular complexity index is 321. The van der Waals surface area contributed by atoms with Gasteiger partial charge < -0.3 is 15.2 Å². The molecule has 0 saturated carbocycles. The van der Waals surface area contributed by atoms with Crippen LogP contribution in [0.3, 0.4) is 0 Å². The lowest BCUT2D eigenvalue weighted by molar-refractivity contribution is 0.0323. The number of nitrogens with zero attached hydrogens (tertiary/aromatic N) is 1. The van der Waals surface area contributed by atoms with E-state index in [9.17, 15) is 5.11 Å². The van der Waals surface area contributed by atoms with Crippen molar-refractivity contribution in [3.8, 4) is 5.88 Å². The van der Waals surface area contributed by atoms with Crippen LogP contribution >= 0.6 is 0 Å². The summed E-state index contributed by atoms with van der Waals surface area (Å²) in [7, 11) is 1.60. The first-order valence-electron chi connectivity index (χ1n) is 6.05. The van der Waals surface area contributed by atoms with Crippen LogP contribution in [-0.4, -0.2) is 29.3 Å². The summed E-state index contributed by atoms with van der Waals surface area (Å²) in [6.07, 6.45) is 3.30. The largest absolute Gasteiger partial charge is 0.481 e. The summed E-state index contributed by atoms with van der Waals surface area (Å²) in [5.74, 6) is 0.618. The topological polar surface area (TPSA) is 54.4 Å². The minimum atomic E-state index is -0.597. The van der Waals surface area contributed by atoms with E-state index in [0.717, 1.165) is 18.4 Å². The molecule has 4 heteroatoms. The fraction of sp³-hybridized carbons (Fsp3) is 0.615. The van der Waals surface area contributed by atoms with Crippen LogP contribution in [0.5, 0.6) is 5.88 Å². The highest BCUT2D eigenvalue weighted by molar-refractivity contribution is 5.17. The molecular weight excluding hydrogens is 216 g/mol. The maximum Gasteiger partial charge on any atom is 0.212 e. The molecule has 1 aromatic heterocycles. The molecule has 0 aliphatic carbocycles. The summed E-state index contributed by atoms with van der Waals surface area (Å²) in [4.78, 5) is 4.13. The SMILES string of the molecule is CCC(O)(CC)CNCc1ccc(OC)nc1. The molecular formula is C13H22N2O2. The van der Waals surface area contributed by atoms with Crippen molar-refractivity contribution in [2.45, 2.75) is 38.8 Å². The zero-order valence-corrected chi connectivity index (χ0v) is 10.9. The van der Waals surface area contributed by atoms with Crippen LogP contribution in [0.2, 0.25) is 0 Å². The number of ether oxygens (including phenoxy) is 1. The van der Waals surface area contributed by atoms with Gasteiger partial charge >= 0.3 is 0 Å². The molecule has 0 saturated heterocycles. The molecule has 1 rings (SSSR count). The number of nitrogens with one attached hydrogen (secondary N) is 1. The van der Waals surface area contributed by atoms with E-state index in [1.807, 2.05) is 26.0 Å². The molecule has 0 unspecified atom stereocenters. The Labute approximate surface area is 103 Å². The number of rotatable bonds is 7. The van der Waals surface area contributed by atoms with Gasteiger partial charge in [0.05, 0.1) is 12.7 Å². The van der Waals surface area contributed by atoms with Crippen LogP contribution in [0.4, 0.5) is 0 Å². The van der Waals surface area contributed by atoms with E-state index in [2.05, 4.69) is 10.3 Å². The molecule has 1 heterocycles. The molecule has 17 heavy (non-hydrogen) atoms. The summed E-state index contributed by atoms with van der Waals surface area (Å²) in [5.41, 5.74) is 0.486. The Morgan fingerprint density at radius 2 is 2.06 bits per heavy atom. The maximum absolute atomic E-state index is 10.1. The predicted octanol–water partition coefficient (Wildman–Crippen LogP) is 1.73. The van der Waals surface area contributed by atoms with Crippen LogP contribution in [-0.2, 0) is 6.54 Å². The number of aromatic nitrogens is 1. The third-order valence-electron chi connectivity index (χ3n) is 3.11. The second-order valence-electron chi connectivity index (χ2n) is 4.24. The van der Waals surface area contributed by atoms with Crippen LogP contribution in [0.25, 0.3) is 0 Å². The smallest absolute Gasteiger partial charge is 0.212 e. The highest BCUT2D eigenvalue weighted by atomic mass is 16.5. The normalized spacial score (nSPS) is 11.5. The molecule has 0 spiro atoms. The molecule has 0 atom stereocenters. The molecule has 1 aromatic rings. The van der Waals surface area contributed by atoms with Gasteiger partial charge in [-0.2, -0.15) is 0 Å². The fourth-order valence-electron chi connectivity index (χ4n) is 1.58. The maximum atomic E-state index is 10.1. The molecule has 0 radical (unpaired) electrons. The van der Waals surface area contributed by atoms with Gasteiger partial charge in [0.2, 0.25) is 5.88 Å². The van der Waals surface area contributed by atoms with E-state index in [1.54, 1.807) is 13.3 Å². The Balaban J connectivity index is 2.40. The lowest BCUT2D eigenvalue weighted by Gasteiger charge is -2.25. The summed E-state index contributed by atoms with van der Waals surface area (Å²) in [6.45, 7) is 5.31. The Kier molecular flexibility index (Phi) is 5.38. The minimum absolute atomic E-state index is 0.597. The average molecular weight is 238 g/mol. The van der Waals surface area contributed by atoms with E-state index < -0.39 is 5.60 Å². The Morgan fingerprint density at radius 3 is 2.53 bits per heavy atom. The van der Waals surface area contributed by atoms with E-state index in [1.165, 1.54) is 0 Å². The number of methoxy groups -OCH3 is 1. The van der Waals surface area contributed by atoms with E-state index in [4.69, 9.17) is 4.74 Å². The lowest BCUT2D eigenvalue weighted by Crippen LogP contribution is -2.39. The van der Waals surface area contributed by atoms with Crippen molar-refractivity contribution < 1.29 is 9.84 Å².